The molecule has 1 aliphatic rings. The van der Waals surface area contributed by atoms with Crippen LogP contribution in [0.5, 0.6) is 0 Å². The van der Waals surface area contributed by atoms with E-state index in [4.69, 9.17) is 4.42 Å². The first kappa shape index (κ1) is 23.0. The molecule has 1 N–H and O–H groups in total. The Balaban J connectivity index is 2.01. The average molecular weight is 444 g/mol. The smallest absolute Gasteiger partial charge is 0.348 e. The molecule has 2 aromatic rings. The summed E-state index contributed by atoms with van der Waals surface area (Å²) >= 11 is 1.08. The van der Waals surface area contributed by atoms with Crippen molar-refractivity contribution >= 4 is 28.9 Å². The van der Waals surface area contributed by atoms with E-state index in [2.05, 4.69) is 29.0 Å². The third-order valence-electron chi connectivity index (χ3n) is 5.25. The van der Waals surface area contributed by atoms with Crippen molar-refractivity contribution in [3.8, 4) is 11.8 Å². The molecule has 0 saturated heterocycles. The number of hydrogen-bond acceptors (Lipinski definition) is 6. The van der Waals surface area contributed by atoms with Gasteiger partial charge in [0.25, 0.3) is 0 Å². The number of amides is 1. The predicted molar refractivity (Wildman–Crippen MR) is 119 cm³/mol. The van der Waals surface area contributed by atoms with Gasteiger partial charge in [-0.25, -0.2) is 4.79 Å². The molecule has 3 rings (SSSR count). The van der Waals surface area contributed by atoms with E-state index in [-0.39, 0.29) is 34.6 Å². The topological polar surface area (TPSA) is 96.5 Å². The first-order valence-corrected chi connectivity index (χ1v) is 11.4. The Kier molecular flexibility index (Phi) is 6.85. The summed E-state index contributed by atoms with van der Waals surface area (Å²) in [6.45, 7) is 9.88. The number of carbonyl (C=O) groups is 2. The molecule has 0 aliphatic heterocycles. The molecule has 0 aromatic carbocycles. The van der Waals surface area contributed by atoms with Gasteiger partial charge in [0.15, 0.2) is 0 Å². The molecule has 1 saturated carbocycles. The van der Waals surface area contributed by atoms with E-state index in [1.807, 2.05) is 20.8 Å². The fourth-order valence-electron chi connectivity index (χ4n) is 3.59. The summed E-state index contributed by atoms with van der Waals surface area (Å²) in [6, 6.07) is 1.69. The van der Waals surface area contributed by atoms with E-state index in [9.17, 15) is 14.7 Å². The number of carboxylic acid groups (broad SMARTS) is 1. The van der Waals surface area contributed by atoms with Crippen LogP contribution in [-0.2, 0) is 11.3 Å². The minimum Gasteiger partial charge on any atom is -0.477 e. The van der Waals surface area contributed by atoms with Crippen LogP contribution in [0.1, 0.15) is 79.7 Å². The number of aromatic nitrogens is 2. The van der Waals surface area contributed by atoms with E-state index in [1.54, 1.807) is 13.0 Å². The van der Waals surface area contributed by atoms with Gasteiger partial charge in [-0.15, -0.1) is 21.5 Å². The molecule has 0 radical (unpaired) electrons. The lowest BCUT2D eigenvalue weighted by Gasteiger charge is -2.30. The lowest BCUT2D eigenvalue weighted by atomic mass is 9.82. The first-order valence-electron chi connectivity index (χ1n) is 10.5. The van der Waals surface area contributed by atoms with Crippen molar-refractivity contribution < 1.29 is 19.1 Å². The number of hydrogen-bond donors (Lipinski definition) is 1. The van der Waals surface area contributed by atoms with E-state index in [0.29, 0.717) is 22.4 Å². The standard InChI is InChI=1S/C23H29N3O4S/c1-14-6-8-16(9-7-14)21(27)26(13-19-25-24-15(2)30-19)18-12-17(10-11-23(3,4)5)31-20(18)22(28)29/h12,14,16H,6-9,13H2,1-5H3,(H,28,29)/t14-,16-. The predicted octanol–water partition coefficient (Wildman–Crippen LogP) is 4.89. The van der Waals surface area contributed by atoms with Crippen molar-refractivity contribution in [1.82, 2.24) is 10.2 Å². The Morgan fingerprint density at radius 2 is 1.94 bits per heavy atom. The van der Waals surface area contributed by atoms with Gasteiger partial charge in [-0.2, -0.15) is 0 Å². The van der Waals surface area contributed by atoms with Crippen molar-refractivity contribution in [2.24, 2.45) is 17.3 Å². The molecular formula is C23H29N3O4S. The summed E-state index contributed by atoms with van der Waals surface area (Å²) in [5, 5.41) is 17.7. The van der Waals surface area contributed by atoms with Crippen molar-refractivity contribution in [1.29, 1.82) is 0 Å². The number of thiophene rings is 1. The summed E-state index contributed by atoms with van der Waals surface area (Å²) in [6.07, 6.45) is 3.56. The minimum absolute atomic E-state index is 0.0366. The zero-order valence-electron chi connectivity index (χ0n) is 18.7. The van der Waals surface area contributed by atoms with Gasteiger partial charge in [0.05, 0.1) is 10.6 Å². The fourth-order valence-corrected chi connectivity index (χ4v) is 4.45. The normalized spacial score (nSPS) is 18.9. The van der Waals surface area contributed by atoms with E-state index in [0.717, 1.165) is 37.0 Å². The quantitative estimate of drug-likeness (QED) is 0.661. The van der Waals surface area contributed by atoms with Crippen LogP contribution < -0.4 is 4.90 Å². The number of nitrogens with zero attached hydrogens (tertiary/aromatic N) is 3. The van der Waals surface area contributed by atoms with Gasteiger partial charge in [0.1, 0.15) is 11.4 Å². The van der Waals surface area contributed by atoms with Crippen LogP contribution in [0.15, 0.2) is 10.5 Å². The monoisotopic (exact) mass is 443 g/mol. The lowest BCUT2D eigenvalue weighted by molar-refractivity contribution is -0.123. The number of rotatable bonds is 5. The molecule has 166 valence electrons. The summed E-state index contributed by atoms with van der Waals surface area (Å²) in [4.78, 5) is 27.7. The Morgan fingerprint density at radius 3 is 2.48 bits per heavy atom. The highest BCUT2D eigenvalue weighted by molar-refractivity contribution is 7.15. The van der Waals surface area contributed by atoms with E-state index in [1.165, 1.54) is 4.90 Å². The van der Waals surface area contributed by atoms with Gasteiger partial charge >= 0.3 is 5.97 Å². The van der Waals surface area contributed by atoms with Crippen molar-refractivity contribution in [3.63, 3.8) is 0 Å². The van der Waals surface area contributed by atoms with E-state index >= 15 is 0 Å². The highest BCUT2D eigenvalue weighted by Gasteiger charge is 2.33. The summed E-state index contributed by atoms with van der Waals surface area (Å²) in [5.74, 6) is 6.14. The van der Waals surface area contributed by atoms with Crippen molar-refractivity contribution in [3.05, 3.63) is 27.6 Å². The fraction of sp³-hybridized carbons (Fsp3) is 0.565. The maximum Gasteiger partial charge on any atom is 0.348 e. The van der Waals surface area contributed by atoms with Crippen LogP contribution in [0.3, 0.4) is 0 Å². The Morgan fingerprint density at radius 1 is 1.26 bits per heavy atom. The summed E-state index contributed by atoms with van der Waals surface area (Å²) < 4.78 is 5.50. The zero-order valence-corrected chi connectivity index (χ0v) is 19.5. The van der Waals surface area contributed by atoms with Gasteiger partial charge in [-0.1, -0.05) is 18.8 Å². The maximum absolute atomic E-state index is 13.5. The zero-order chi connectivity index (χ0) is 22.8. The number of aryl methyl sites for hydroxylation is 1. The van der Waals surface area contributed by atoms with Crippen molar-refractivity contribution in [2.75, 3.05) is 4.90 Å². The van der Waals surface area contributed by atoms with Crippen LogP contribution in [0.2, 0.25) is 0 Å². The largest absolute Gasteiger partial charge is 0.477 e. The summed E-state index contributed by atoms with van der Waals surface area (Å²) in [7, 11) is 0. The van der Waals surface area contributed by atoms with E-state index < -0.39 is 5.97 Å². The number of carbonyl (C=O) groups excluding carboxylic acids is 1. The van der Waals surface area contributed by atoms with Crippen LogP contribution in [0.4, 0.5) is 5.69 Å². The second-order valence-corrected chi connectivity index (χ2v) is 10.3. The highest BCUT2D eigenvalue weighted by Crippen LogP contribution is 2.36. The lowest BCUT2D eigenvalue weighted by Crippen LogP contribution is -2.38. The van der Waals surface area contributed by atoms with Crippen molar-refractivity contribution in [2.45, 2.75) is 66.8 Å². The van der Waals surface area contributed by atoms with Crippen LogP contribution in [0.25, 0.3) is 0 Å². The van der Waals surface area contributed by atoms with Gasteiger partial charge < -0.3 is 14.4 Å². The molecule has 0 unspecified atom stereocenters. The molecule has 8 heteroatoms. The van der Waals surface area contributed by atoms with Gasteiger partial charge in [0, 0.05) is 18.3 Å². The molecule has 1 fully saturated rings. The minimum atomic E-state index is -1.08. The first-order chi connectivity index (χ1) is 14.5. The van der Waals surface area contributed by atoms with Gasteiger partial charge in [-0.3, -0.25) is 4.79 Å². The molecule has 1 amide bonds. The molecule has 0 atom stereocenters. The average Bonchev–Trinajstić information content (AvgIpc) is 3.30. The Bertz CT molecular complexity index is 1010. The van der Waals surface area contributed by atoms with Gasteiger partial charge in [-0.05, 0) is 58.4 Å². The molecule has 31 heavy (non-hydrogen) atoms. The third kappa shape index (κ3) is 5.95. The molecule has 7 nitrogen and oxygen atoms in total. The maximum atomic E-state index is 13.5. The number of aromatic carboxylic acids is 1. The highest BCUT2D eigenvalue weighted by atomic mass is 32.1. The van der Waals surface area contributed by atoms with Crippen LogP contribution in [-0.4, -0.2) is 27.2 Å². The molecule has 0 bridgehead atoms. The van der Waals surface area contributed by atoms with Gasteiger partial charge in [0.2, 0.25) is 17.7 Å². The van der Waals surface area contributed by atoms with Crippen LogP contribution >= 0.6 is 11.3 Å². The molecular weight excluding hydrogens is 414 g/mol. The Hall–Kier alpha value is -2.66. The molecule has 1 aliphatic carbocycles. The number of anilines is 1. The molecule has 0 spiro atoms. The third-order valence-corrected chi connectivity index (χ3v) is 6.28. The second-order valence-electron chi connectivity index (χ2n) is 9.23. The second kappa shape index (κ2) is 9.23. The molecule has 2 heterocycles. The Labute approximate surface area is 186 Å². The SMILES string of the molecule is Cc1nnc(CN(c2cc(C#CC(C)(C)C)sc2C(=O)O)C(=O)[C@H]2CC[C@H](C)CC2)o1. The number of carboxylic acids is 1. The molecule has 2 aromatic heterocycles. The van der Waals surface area contributed by atoms with Crippen LogP contribution in [0, 0.1) is 36.0 Å². The summed E-state index contributed by atoms with van der Waals surface area (Å²) in [5.41, 5.74) is 0.124.